The van der Waals surface area contributed by atoms with E-state index in [-0.39, 0.29) is 19.3 Å². The highest BCUT2D eigenvalue weighted by atomic mass is 127. The summed E-state index contributed by atoms with van der Waals surface area (Å²) in [5, 5.41) is 0. The molecule has 0 saturated heterocycles. The minimum atomic E-state index is -6.22. The second-order valence-electron chi connectivity index (χ2n) is 4.10. The summed E-state index contributed by atoms with van der Waals surface area (Å²) in [6.07, 6.45) is -5.43. The zero-order valence-electron chi connectivity index (χ0n) is 8.51. The molecule has 0 aromatic rings. The van der Waals surface area contributed by atoms with Gasteiger partial charge in [-0.2, -0.15) is 30.7 Å². The van der Waals surface area contributed by atoms with Gasteiger partial charge in [0.2, 0.25) is 0 Å². The smallest absolute Gasteiger partial charge is 0.199 e. The highest BCUT2D eigenvalue weighted by molar-refractivity contribution is 14.1. The average Bonchev–Trinajstić information content (AvgIpc) is 2.16. The van der Waals surface area contributed by atoms with E-state index in [2.05, 4.69) is 0 Å². The lowest BCUT2D eigenvalue weighted by atomic mass is 9.82. The Morgan fingerprint density at radius 2 is 1.29 bits per heavy atom. The highest BCUT2D eigenvalue weighted by Gasteiger charge is 2.75. The first-order valence-electron chi connectivity index (χ1n) is 4.98. The second-order valence-corrected chi connectivity index (χ2v) is 5.70. The molecule has 102 valence electrons. The minimum absolute atomic E-state index is 0.245. The Hall–Kier alpha value is 0.240. The summed E-state index contributed by atoms with van der Waals surface area (Å²) < 4.78 is 87.4. The number of hydrogen-bond donors (Lipinski definition) is 0. The predicted octanol–water partition coefficient (Wildman–Crippen LogP) is 4.81. The van der Waals surface area contributed by atoms with Crippen molar-refractivity contribution in [1.82, 2.24) is 0 Å². The first-order valence-corrected chi connectivity index (χ1v) is 6.23. The summed E-state index contributed by atoms with van der Waals surface area (Å²) in [7, 11) is 0. The molecular formula is C9H10F7I. The van der Waals surface area contributed by atoms with Crippen LogP contribution in [0.25, 0.3) is 0 Å². The van der Waals surface area contributed by atoms with Gasteiger partial charge in [0.1, 0.15) is 0 Å². The van der Waals surface area contributed by atoms with Crippen molar-refractivity contribution in [2.45, 2.75) is 47.6 Å². The molecule has 0 nitrogen and oxygen atoms in total. The quantitative estimate of drug-likeness (QED) is 0.368. The molecule has 0 amide bonds. The maximum absolute atomic E-state index is 13.4. The van der Waals surface area contributed by atoms with Crippen LogP contribution in [0.1, 0.15) is 25.7 Å². The van der Waals surface area contributed by atoms with Crippen LogP contribution in [0.4, 0.5) is 30.7 Å². The van der Waals surface area contributed by atoms with Crippen LogP contribution in [0.5, 0.6) is 0 Å². The van der Waals surface area contributed by atoms with E-state index in [1.165, 1.54) is 22.6 Å². The van der Waals surface area contributed by atoms with Crippen molar-refractivity contribution in [3.63, 3.8) is 0 Å². The van der Waals surface area contributed by atoms with Crippen molar-refractivity contribution in [3.05, 3.63) is 0 Å². The van der Waals surface area contributed by atoms with E-state index in [0.29, 0.717) is 6.42 Å². The lowest BCUT2D eigenvalue weighted by molar-refractivity contribution is -0.366. The fourth-order valence-electron chi connectivity index (χ4n) is 1.92. The van der Waals surface area contributed by atoms with E-state index in [9.17, 15) is 30.7 Å². The summed E-state index contributed by atoms with van der Waals surface area (Å²) in [5.41, 5.74) is 0. The van der Waals surface area contributed by atoms with Crippen LogP contribution in [-0.2, 0) is 0 Å². The Labute approximate surface area is 107 Å². The van der Waals surface area contributed by atoms with Crippen molar-refractivity contribution in [1.29, 1.82) is 0 Å². The van der Waals surface area contributed by atoms with E-state index in [4.69, 9.17) is 0 Å². The summed E-state index contributed by atoms with van der Waals surface area (Å²) in [6, 6.07) is 0. The molecule has 0 aliphatic heterocycles. The average molecular weight is 378 g/mol. The van der Waals surface area contributed by atoms with Gasteiger partial charge >= 0.3 is 18.0 Å². The summed E-state index contributed by atoms with van der Waals surface area (Å²) in [5.74, 6) is -12.9. The first kappa shape index (κ1) is 15.3. The van der Waals surface area contributed by atoms with Crippen molar-refractivity contribution in [2.75, 3.05) is 0 Å². The molecule has 0 aromatic heterocycles. The van der Waals surface area contributed by atoms with Crippen LogP contribution >= 0.6 is 22.6 Å². The SMILES string of the molecule is FC(F)(F)C(F)(F)C(F)(F)C1CCCC[C@@H]1I. The Morgan fingerprint density at radius 1 is 0.824 bits per heavy atom. The van der Waals surface area contributed by atoms with E-state index in [0.717, 1.165) is 0 Å². The van der Waals surface area contributed by atoms with Gasteiger partial charge in [-0.1, -0.05) is 35.4 Å². The second kappa shape index (κ2) is 4.73. The van der Waals surface area contributed by atoms with E-state index < -0.39 is 27.9 Å². The van der Waals surface area contributed by atoms with Gasteiger partial charge in [-0.15, -0.1) is 0 Å². The zero-order valence-corrected chi connectivity index (χ0v) is 10.7. The topological polar surface area (TPSA) is 0 Å². The fourth-order valence-corrected chi connectivity index (χ4v) is 3.17. The molecule has 0 N–H and O–H groups in total. The van der Waals surface area contributed by atoms with Crippen LogP contribution < -0.4 is 0 Å². The molecule has 1 aliphatic carbocycles. The Kier molecular flexibility index (Phi) is 4.26. The molecule has 0 aromatic carbocycles. The van der Waals surface area contributed by atoms with Gasteiger partial charge in [-0.25, -0.2) is 0 Å². The van der Waals surface area contributed by atoms with Gasteiger partial charge in [-0.05, 0) is 12.8 Å². The van der Waals surface area contributed by atoms with Crippen molar-refractivity contribution in [3.8, 4) is 0 Å². The molecule has 1 saturated carbocycles. The number of alkyl halides is 8. The molecule has 1 fully saturated rings. The van der Waals surface area contributed by atoms with E-state index >= 15 is 0 Å². The summed E-state index contributed by atoms with van der Waals surface area (Å²) >= 11 is 1.53. The van der Waals surface area contributed by atoms with Gasteiger partial charge in [-0.3, -0.25) is 0 Å². The molecular weight excluding hydrogens is 368 g/mol. The molecule has 1 aliphatic rings. The fraction of sp³-hybridized carbons (Fsp3) is 1.00. The Morgan fingerprint density at radius 3 is 1.71 bits per heavy atom. The lowest BCUT2D eigenvalue weighted by Gasteiger charge is -2.38. The van der Waals surface area contributed by atoms with Crippen LogP contribution in [0.2, 0.25) is 0 Å². The molecule has 8 heteroatoms. The monoisotopic (exact) mass is 378 g/mol. The van der Waals surface area contributed by atoms with Crippen LogP contribution in [0, 0.1) is 5.92 Å². The normalized spacial score (nSPS) is 28.2. The predicted molar refractivity (Wildman–Crippen MR) is 55.7 cm³/mol. The Balaban J connectivity index is 3.00. The van der Waals surface area contributed by atoms with Crippen molar-refractivity contribution in [2.24, 2.45) is 5.92 Å². The lowest BCUT2D eigenvalue weighted by Crippen LogP contribution is -2.57. The van der Waals surface area contributed by atoms with Gasteiger partial charge in [0.05, 0.1) is 0 Å². The third-order valence-electron chi connectivity index (χ3n) is 2.92. The molecule has 0 heterocycles. The van der Waals surface area contributed by atoms with Gasteiger partial charge in [0.25, 0.3) is 0 Å². The number of halogens is 8. The van der Waals surface area contributed by atoms with Crippen LogP contribution in [0.15, 0.2) is 0 Å². The first-order chi connectivity index (χ1) is 7.52. The largest absolute Gasteiger partial charge is 0.459 e. The molecule has 17 heavy (non-hydrogen) atoms. The van der Waals surface area contributed by atoms with Crippen LogP contribution in [-0.4, -0.2) is 21.9 Å². The Bertz CT molecular complexity index is 273. The van der Waals surface area contributed by atoms with Crippen molar-refractivity contribution < 1.29 is 30.7 Å². The molecule has 0 radical (unpaired) electrons. The van der Waals surface area contributed by atoms with E-state index in [1.807, 2.05) is 0 Å². The molecule has 2 atom stereocenters. The zero-order chi connectivity index (χ0) is 13.5. The molecule has 0 bridgehead atoms. The van der Waals surface area contributed by atoms with E-state index in [1.54, 1.807) is 0 Å². The summed E-state index contributed by atoms with van der Waals surface area (Å²) in [6.45, 7) is 0. The maximum atomic E-state index is 13.4. The van der Waals surface area contributed by atoms with Gasteiger partial charge < -0.3 is 0 Å². The molecule has 1 rings (SSSR count). The third-order valence-corrected chi connectivity index (χ3v) is 4.41. The molecule has 1 unspecified atom stereocenters. The van der Waals surface area contributed by atoms with Crippen LogP contribution in [0.3, 0.4) is 0 Å². The number of hydrogen-bond acceptors (Lipinski definition) is 0. The van der Waals surface area contributed by atoms with Crippen molar-refractivity contribution >= 4 is 22.6 Å². The molecule has 0 spiro atoms. The highest BCUT2D eigenvalue weighted by Crippen LogP contribution is 2.53. The number of rotatable bonds is 2. The van der Waals surface area contributed by atoms with Gasteiger partial charge in [0, 0.05) is 9.84 Å². The van der Waals surface area contributed by atoms with Gasteiger partial charge in [0.15, 0.2) is 0 Å². The minimum Gasteiger partial charge on any atom is -0.199 e. The third kappa shape index (κ3) is 2.65. The summed E-state index contributed by atoms with van der Waals surface area (Å²) in [4.78, 5) is 0. The standard InChI is InChI=1S/C9H10F7I/c10-7(11,8(12,13)9(14,15)16)5-3-1-2-4-6(5)17/h5-6H,1-4H2/t5?,6-/m0/s1. The maximum Gasteiger partial charge on any atom is 0.459 e.